The molecule has 0 saturated carbocycles. The number of ether oxygens (including phenoxy) is 1. The van der Waals surface area contributed by atoms with Crippen LogP contribution in [-0.4, -0.2) is 41.8 Å². The van der Waals surface area contributed by atoms with E-state index in [4.69, 9.17) is 9.84 Å². The maximum absolute atomic E-state index is 8.95. The molecule has 0 bridgehead atoms. The first kappa shape index (κ1) is 13.3. The normalized spacial score (nSPS) is 17.9. The average Bonchev–Trinajstić information content (AvgIpc) is 2.42. The number of aromatic nitrogens is 1. The molecule has 1 aromatic heterocycles. The highest BCUT2D eigenvalue weighted by Crippen LogP contribution is 2.23. The third kappa shape index (κ3) is 3.43. The predicted octanol–water partition coefficient (Wildman–Crippen LogP) is 1.68. The molecule has 0 aromatic carbocycles. The molecule has 2 heterocycles. The minimum atomic E-state index is 0.321. The summed E-state index contributed by atoms with van der Waals surface area (Å²) in [5.41, 5.74) is 1.15. The molecule has 1 aromatic rings. The van der Waals surface area contributed by atoms with E-state index in [1.165, 1.54) is 12.8 Å². The largest absolute Gasteiger partial charge is 0.481 e. The molecule has 1 fully saturated rings. The van der Waals surface area contributed by atoms with Gasteiger partial charge in [-0.15, -0.1) is 0 Å². The standard InChI is InChI=1S/C14H22N2O2/c1-18-14-13(3-2-7-15-14)11-16-8-4-12(5-9-16)6-10-17/h2-3,7,12,17H,4-6,8-11H2,1H3. The Morgan fingerprint density at radius 2 is 2.22 bits per heavy atom. The number of pyridine rings is 1. The second-order valence-electron chi connectivity index (χ2n) is 4.90. The Hall–Kier alpha value is -1.13. The van der Waals surface area contributed by atoms with Crippen molar-refractivity contribution in [1.82, 2.24) is 9.88 Å². The molecule has 100 valence electrons. The van der Waals surface area contributed by atoms with Gasteiger partial charge in [-0.2, -0.15) is 0 Å². The summed E-state index contributed by atoms with van der Waals surface area (Å²) in [6, 6.07) is 4.03. The fraction of sp³-hybridized carbons (Fsp3) is 0.643. The van der Waals surface area contributed by atoms with Gasteiger partial charge in [0.2, 0.25) is 5.88 Å². The van der Waals surface area contributed by atoms with Gasteiger partial charge in [0.25, 0.3) is 0 Å². The highest BCUT2D eigenvalue weighted by Gasteiger charge is 2.19. The van der Waals surface area contributed by atoms with Gasteiger partial charge in [-0.25, -0.2) is 4.98 Å². The first-order chi connectivity index (χ1) is 8.83. The summed E-state index contributed by atoms with van der Waals surface area (Å²) in [6.45, 7) is 3.43. The van der Waals surface area contributed by atoms with Crippen LogP contribution in [0.3, 0.4) is 0 Å². The molecular weight excluding hydrogens is 228 g/mol. The molecule has 1 aliphatic rings. The summed E-state index contributed by atoms with van der Waals surface area (Å²) in [5.74, 6) is 1.43. The molecule has 0 radical (unpaired) electrons. The van der Waals surface area contributed by atoms with Crippen LogP contribution in [0.1, 0.15) is 24.8 Å². The summed E-state index contributed by atoms with van der Waals surface area (Å²) in [4.78, 5) is 6.66. The van der Waals surface area contributed by atoms with Gasteiger partial charge in [0.1, 0.15) is 0 Å². The second-order valence-corrected chi connectivity index (χ2v) is 4.90. The zero-order valence-corrected chi connectivity index (χ0v) is 11.0. The third-order valence-electron chi connectivity index (χ3n) is 3.68. The van der Waals surface area contributed by atoms with Crippen molar-refractivity contribution < 1.29 is 9.84 Å². The van der Waals surface area contributed by atoms with Crippen LogP contribution in [0, 0.1) is 5.92 Å². The van der Waals surface area contributed by atoms with Crippen molar-refractivity contribution in [2.45, 2.75) is 25.8 Å². The van der Waals surface area contributed by atoms with Crippen molar-refractivity contribution in [3.05, 3.63) is 23.9 Å². The number of hydrogen-bond acceptors (Lipinski definition) is 4. The number of methoxy groups -OCH3 is 1. The Kier molecular flexibility index (Phi) is 4.96. The molecule has 18 heavy (non-hydrogen) atoms. The highest BCUT2D eigenvalue weighted by molar-refractivity contribution is 5.25. The molecule has 2 rings (SSSR count). The zero-order valence-electron chi connectivity index (χ0n) is 11.0. The number of rotatable bonds is 5. The van der Waals surface area contributed by atoms with Crippen molar-refractivity contribution in [3.63, 3.8) is 0 Å². The summed E-state index contributed by atoms with van der Waals surface area (Å²) in [6.07, 6.45) is 5.08. The lowest BCUT2D eigenvalue weighted by atomic mass is 9.94. The maximum atomic E-state index is 8.95. The summed E-state index contributed by atoms with van der Waals surface area (Å²) in [5, 5.41) is 8.95. The Bertz CT molecular complexity index is 363. The lowest BCUT2D eigenvalue weighted by Gasteiger charge is -2.31. The molecule has 1 N–H and O–H groups in total. The van der Waals surface area contributed by atoms with Gasteiger partial charge in [-0.1, -0.05) is 6.07 Å². The minimum absolute atomic E-state index is 0.321. The minimum Gasteiger partial charge on any atom is -0.481 e. The Balaban J connectivity index is 1.87. The van der Waals surface area contributed by atoms with Gasteiger partial charge >= 0.3 is 0 Å². The van der Waals surface area contributed by atoms with Crippen molar-refractivity contribution in [1.29, 1.82) is 0 Å². The molecule has 0 amide bonds. The van der Waals surface area contributed by atoms with Crippen molar-refractivity contribution in [2.24, 2.45) is 5.92 Å². The summed E-state index contributed by atoms with van der Waals surface area (Å²) < 4.78 is 5.28. The smallest absolute Gasteiger partial charge is 0.217 e. The van der Waals surface area contributed by atoms with E-state index in [0.29, 0.717) is 12.5 Å². The lowest BCUT2D eigenvalue weighted by Crippen LogP contribution is -2.33. The van der Waals surface area contributed by atoms with E-state index in [0.717, 1.165) is 37.5 Å². The van der Waals surface area contributed by atoms with E-state index in [2.05, 4.69) is 16.0 Å². The number of aliphatic hydroxyl groups excluding tert-OH is 1. The zero-order chi connectivity index (χ0) is 12.8. The van der Waals surface area contributed by atoms with E-state index in [1.54, 1.807) is 13.3 Å². The molecule has 1 saturated heterocycles. The fourth-order valence-electron chi connectivity index (χ4n) is 2.58. The molecule has 1 aliphatic heterocycles. The maximum Gasteiger partial charge on any atom is 0.217 e. The van der Waals surface area contributed by atoms with Crippen LogP contribution in [0.2, 0.25) is 0 Å². The Labute approximate surface area is 109 Å². The quantitative estimate of drug-likeness (QED) is 0.863. The van der Waals surface area contributed by atoms with Gasteiger partial charge in [0, 0.05) is 24.9 Å². The molecule has 0 atom stereocenters. The highest BCUT2D eigenvalue weighted by atomic mass is 16.5. The van der Waals surface area contributed by atoms with Gasteiger partial charge < -0.3 is 9.84 Å². The first-order valence-electron chi connectivity index (χ1n) is 6.64. The number of hydrogen-bond donors (Lipinski definition) is 1. The topological polar surface area (TPSA) is 45.6 Å². The van der Waals surface area contributed by atoms with Crippen LogP contribution < -0.4 is 4.74 Å². The van der Waals surface area contributed by atoms with Crippen LogP contribution in [0.4, 0.5) is 0 Å². The molecule has 0 spiro atoms. The Morgan fingerprint density at radius 1 is 1.44 bits per heavy atom. The number of nitrogens with zero attached hydrogens (tertiary/aromatic N) is 2. The van der Waals surface area contributed by atoms with E-state index in [9.17, 15) is 0 Å². The van der Waals surface area contributed by atoms with Crippen molar-refractivity contribution >= 4 is 0 Å². The molecule has 4 heteroatoms. The van der Waals surface area contributed by atoms with Gasteiger partial charge in [0.15, 0.2) is 0 Å². The van der Waals surface area contributed by atoms with E-state index < -0.39 is 0 Å². The van der Waals surface area contributed by atoms with Crippen LogP contribution in [0.5, 0.6) is 5.88 Å². The number of likely N-dealkylation sites (tertiary alicyclic amines) is 1. The lowest BCUT2D eigenvalue weighted by molar-refractivity contribution is 0.152. The Morgan fingerprint density at radius 3 is 2.89 bits per heavy atom. The van der Waals surface area contributed by atoms with Crippen LogP contribution >= 0.6 is 0 Å². The number of piperidine rings is 1. The average molecular weight is 250 g/mol. The summed E-state index contributed by atoms with van der Waals surface area (Å²) >= 11 is 0. The van der Waals surface area contributed by atoms with Crippen LogP contribution in [0.25, 0.3) is 0 Å². The van der Waals surface area contributed by atoms with Crippen LogP contribution in [-0.2, 0) is 6.54 Å². The van der Waals surface area contributed by atoms with E-state index >= 15 is 0 Å². The van der Waals surface area contributed by atoms with Gasteiger partial charge in [-0.05, 0) is 44.3 Å². The number of aliphatic hydroxyl groups is 1. The molecule has 0 aliphatic carbocycles. The van der Waals surface area contributed by atoms with Gasteiger partial charge in [-0.3, -0.25) is 4.90 Å². The van der Waals surface area contributed by atoms with Crippen LogP contribution in [0.15, 0.2) is 18.3 Å². The molecule has 4 nitrogen and oxygen atoms in total. The van der Waals surface area contributed by atoms with E-state index in [1.807, 2.05) is 6.07 Å². The predicted molar refractivity (Wildman–Crippen MR) is 70.5 cm³/mol. The molecule has 0 unspecified atom stereocenters. The SMILES string of the molecule is COc1ncccc1CN1CCC(CCO)CC1. The first-order valence-corrected chi connectivity index (χ1v) is 6.64. The molecular formula is C14H22N2O2. The monoisotopic (exact) mass is 250 g/mol. The fourth-order valence-corrected chi connectivity index (χ4v) is 2.58. The summed E-state index contributed by atoms with van der Waals surface area (Å²) in [7, 11) is 1.67. The van der Waals surface area contributed by atoms with Crippen molar-refractivity contribution in [3.8, 4) is 5.88 Å². The van der Waals surface area contributed by atoms with Gasteiger partial charge in [0.05, 0.1) is 7.11 Å². The van der Waals surface area contributed by atoms with E-state index in [-0.39, 0.29) is 0 Å². The third-order valence-corrected chi connectivity index (χ3v) is 3.68. The second kappa shape index (κ2) is 6.71. The van der Waals surface area contributed by atoms with Crippen molar-refractivity contribution in [2.75, 3.05) is 26.8 Å².